The number of carboxylic acids is 1. The van der Waals surface area contributed by atoms with Crippen molar-refractivity contribution in [2.45, 2.75) is 44.8 Å². The molecule has 0 spiro atoms. The Kier molecular flexibility index (Phi) is 10.9. The fraction of sp³-hybridized carbons (Fsp3) is 0.343. The molecular weight excluding hydrogens is 672 g/mol. The summed E-state index contributed by atoms with van der Waals surface area (Å²) in [6.07, 6.45) is 5.51. The lowest BCUT2D eigenvalue weighted by molar-refractivity contribution is -0.143. The first kappa shape index (κ1) is 34.5. The Morgan fingerprint density at radius 1 is 1.04 bits per heavy atom. The second kappa shape index (κ2) is 15.5. The molecule has 2 saturated heterocycles. The number of aromatic nitrogens is 3. The molecule has 4 N–H and O–H groups in total. The summed E-state index contributed by atoms with van der Waals surface area (Å²) in [5.41, 5.74) is 3.89. The molecule has 0 bridgehead atoms. The maximum absolute atomic E-state index is 15.7. The van der Waals surface area contributed by atoms with E-state index in [0.717, 1.165) is 12.0 Å². The van der Waals surface area contributed by atoms with Gasteiger partial charge in [0.05, 0.1) is 40.1 Å². The number of carboxylic acid groups (broad SMARTS) is 1. The van der Waals surface area contributed by atoms with Crippen molar-refractivity contribution in [3.8, 4) is 28.4 Å². The molecule has 0 saturated carbocycles. The maximum Gasteiger partial charge on any atom is 0.306 e. The average Bonchev–Trinajstić information content (AvgIpc) is 3.52. The Labute approximate surface area is 293 Å². The summed E-state index contributed by atoms with van der Waals surface area (Å²) in [5.74, 6) is -1.12. The highest BCUT2D eigenvalue weighted by atomic mass is 35.5. The topological polar surface area (TPSA) is 142 Å². The van der Waals surface area contributed by atoms with Crippen LogP contribution in [-0.4, -0.2) is 69.6 Å². The number of likely N-dealkylation sites (tertiary alicyclic amines) is 1. The molecule has 1 unspecified atom stereocenters. The number of anilines is 2. The number of piperidine rings is 1. The number of carbonyl (C=O) groups is 2. The first-order valence-electron chi connectivity index (χ1n) is 16.0. The number of hydrogen-bond donors (Lipinski definition) is 4. The van der Waals surface area contributed by atoms with Crippen LogP contribution in [0, 0.1) is 11.7 Å². The number of methoxy groups -OCH3 is 1. The van der Waals surface area contributed by atoms with Crippen LogP contribution in [0.25, 0.3) is 22.5 Å². The molecule has 2 fully saturated rings. The Bertz CT molecular complexity index is 1860. The van der Waals surface area contributed by atoms with E-state index in [0.29, 0.717) is 96.7 Å². The number of amides is 1. The monoisotopic (exact) mass is 707 g/mol. The van der Waals surface area contributed by atoms with Gasteiger partial charge in [-0.2, -0.15) is 0 Å². The lowest BCUT2D eigenvalue weighted by Gasteiger charge is -2.30. The van der Waals surface area contributed by atoms with Crippen molar-refractivity contribution in [1.82, 2.24) is 30.5 Å². The molecule has 49 heavy (non-hydrogen) atoms. The van der Waals surface area contributed by atoms with Crippen LogP contribution in [0.15, 0.2) is 54.9 Å². The third-order valence-electron chi connectivity index (χ3n) is 8.90. The van der Waals surface area contributed by atoms with E-state index in [9.17, 15) is 14.7 Å². The Morgan fingerprint density at radius 3 is 2.55 bits per heavy atom. The molecule has 1 aromatic carbocycles. The minimum absolute atomic E-state index is 0.00990. The number of aliphatic carboxylic acids is 1. The van der Waals surface area contributed by atoms with Gasteiger partial charge >= 0.3 is 5.97 Å². The second-order valence-corrected chi connectivity index (χ2v) is 12.9. The SMILES string of the molecule is COc1nc(-c2cccc(-c3nccc(Nc4nccc(CN5CCC(C(=O)O)CC5)c4F)c3Cl)c2Cl)ccc1CNCC1CCC(=O)N1. The van der Waals surface area contributed by atoms with Gasteiger partial charge in [-0.05, 0) is 50.6 Å². The van der Waals surface area contributed by atoms with Gasteiger partial charge in [-0.25, -0.2) is 14.4 Å². The van der Waals surface area contributed by atoms with Crippen LogP contribution in [0.1, 0.15) is 36.8 Å². The van der Waals surface area contributed by atoms with Crippen LogP contribution < -0.4 is 20.7 Å². The largest absolute Gasteiger partial charge is 0.481 e. The summed E-state index contributed by atoms with van der Waals surface area (Å²) < 4.78 is 21.3. The standard InChI is InChI=1S/C35H36Cl2FN7O4/c1-49-34-21(17-39-18-23-6-8-28(46)42-23)5-7-26(44-34)24-3-2-4-25(29(24)36)32-30(37)27(10-14-40-32)43-33-31(38)22(9-13-41-33)19-45-15-11-20(12-16-45)35(47)48/h2-5,7,9-10,13-14,20,23,39H,6,8,11-12,15-19H2,1H3,(H,42,46)(H,47,48)(H,40,41,43). The van der Waals surface area contributed by atoms with Gasteiger partial charge < -0.3 is 25.8 Å². The zero-order valence-corrected chi connectivity index (χ0v) is 28.3. The fourth-order valence-corrected chi connectivity index (χ4v) is 6.76. The van der Waals surface area contributed by atoms with Gasteiger partial charge in [-0.3, -0.25) is 19.5 Å². The fourth-order valence-electron chi connectivity index (χ4n) is 6.18. The highest BCUT2D eigenvalue weighted by molar-refractivity contribution is 6.39. The molecule has 3 aromatic heterocycles. The third-order valence-corrected chi connectivity index (χ3v) is 9.69. The number of nitrogens with one attached hydrogen (secondary N) is 3. The molecule has 256 valence electrons. The van der Waals surface area contributed by atoms with Gasteiger partial charge in [-0.15, -0.1) is 0 Å². The van der Waals surface area contributed by atoms with Crippen LogP contribution in [0.4, 0.5) is 15.9 Å². The zero-order valence-electron chi connectivity index (χ0n) is 26.8. The normalized spacial score (nSPS) is 16.8. The smallest absolute Gasteiger partial charge is 0.306 e. The number of benzene rings is 1. The number of pyridine rings is 3. The second-order valence-electron chi connectivity index (χ2n) is 12.1. The number of carbonyl (C=O) groups excluding carboxylic acids is 1. The maximum atomic E-state index is 15.7. The van der Waals surface area contributed by atoms with Crippen LogP contribution in [0.3, 0.4) is 0 Å². The molecule has 0 radical (unpaired) electrons. The third kappa shape index (κ3) is 7.94. The van der Waals surface area contributed by atoms with Gasteiger partial charge in [-0.1, -0.05) is 47.5 Å². The molecule has 2 aliphatic heterocycles. The summed E-state index contributed by atoms with van der Waals surface area (Å²) in [6.45, 7) is 2.65. The van der Waals surface area contributed by atoms with E-state index in [1.165, 1.54) is 6.20 Å². The molecule has 2 aliphatic rings. The quantitative estimate of drug-likeness (QED) is 0.137. The number of nitrogens with zero attached hydrogens (tertiary/aromatic N) is 4. The van der Waals surface area contributed by atoms with E-state index in [4.69, 9.17) is 32.9 Å². The van der Waals surface area contributed by atoms with Gasteiger partial charge in [0, 0.05) is 66.7 Å². The van der Waals surface area contributed by atoms with Gasteiger partial charge in [0.2, 0.25) is 11.8 Å². The van der Waals surface area contributed by atoms with Crippen molar-refractivity contribution in [3.05, 3.63) is 81.8 Å². The minimum Gasteiger partial charge on any atom is -0.481 e. The van der Waals surface area contributed by atoms with Crippen molar-refractivity contribution in [3.63, 3.8) is 0 Å². The number of ether oxygens (including phenoxy) is 1. The molecule has 0 aliphatic carbocycles. The Morgan fingerprint density at radius 2 is 1.82 bits per heavy atom. The molecule has 1 atom stereocenters. The van der Waals surface area contributed by atoms with Crippen molar-refractivity contribution in [2.75, 3.05) is 32.1 Å². The lowest BCUT2D eigenvalue weighted by Crippen LogP contribution is -2.36. The van der Waals surface area contributed by atoms with E-state index < -0.39 is 11.8 Å². The van der Waals surface area contributed by atoms with E-state index in [-0.39, 0.29) is 28.7 Å². The average molecular weight is 709 g/mol. The summed E-state index contributed by atoms with van der Waals surface area (Å²) in [5, 5.41) is 19.2. The number of rotatable bonds is 12. The highest BCUT2D eigenvalue weighted by Crippen LogP contribution is 2.41. The molecule has 11 nitrogen and oxygen atoms in total. The molecule has 14 heteroatoms. The Balaban J connectivity index is 1.18. The van der Waals surface area contributed by atoms with Crippen molar-refractivity contribution in [2.24, 2.45) is 5.92 Å². The summed E-state index contributed by atoms with van der Waals surface area (Å²) in [7, 11) is 1.56. The zero-order chi connectivity index (χ0) is 34.5. The molecule has 5 heterocycles. The number of halogens is 3. The first-order valence-corrected chi connectivity index (χ1v) is 16.8. The summed E-state index contributed by atoms with van der Waals surface area (Å²) in [6, 6.07) is 12.6. The predicted molar refractivity (Wildman–Crippen MR) is 185 cm³/mol. The van der Waals surface area contributed by atoms with Crippen molar-refractivity contribution in [1.29, 1.82) is 0 Å². The van der Waals surface area contributed by atoms with Crippen LogP contribution in [0.2, 0.25) is 10.0 Å². The summed E-state index contributed by atoms with van der Waals surface area (Å²) >= 11 is 13.8. The van der Waals surface area contributed by atoms with Crippen molar-refractivity contribution < 1.29 is 23.8 Å². The van der Waals surface area contributed by atoms with E-state index in [2.05, 4.69) is 25.9 Å². The molecule has 6 rings (SSSR count). The van der Waals surface area contributed by atoms with Crippen LogP contribution >= 0.6 is 23.2 Å². The van der Waals surface area contributed by atoms with E-state index in [1.54, 1.807) is 31.5 Å². The lowest BCUT2D eigenvalue weighted by atomic mass is 9.97. The van der Waals surface area contributed by atoms with E-state index >= 15 is 4.39 Å². The van der Waals surface area contributed by atoms with Crippen LogP contribution in [-0.2, 0) is 22.7 Å². The minimum atomic E-state index is -0.786. The Hall–Kier alpha value is -4.36. The highest BCUT2D eigenvalue weighted by Gasteiger charge is 2.26. The molecule has 1 amide bonds. The van der Waals surface area contributed by atoms with E-state index in [1.807, 2.05) is 29.2 Å². The van der Waals surface area contributed by atoms with Gasteiger partial charge in [0.1, 0.15) is 0 Å². The molecule has 4 aromatic rings. The summed E-state index contributed by atoms with van der Waals surface area (Å²) in [4.78, 5) is 38.3. The molecular formula is C35H36Cl2FN7O4. The van der Waals surface area contributed by atoms with Gasteiger partial charge in [0.25, 0.3) is 0 Å². The first-order chi connectivity index (χ1) is 23.7. The van der Waals surface area contributed by atoms with Gasteiger partial charge in [0.15, 0.2) is 11.6 Å². The predicted octanol–water partition coefficient (Wildman–Crippen LogP) is 6.07. The number of hydrogen-bond acceptors (Lipinski definition) is 9. The van der Waals surface area contributed by atoms with Crippen molar-refractivity contribution >= 4 is 46.6 Å². The van der Waals surface area contributed by atoms with Crippen LogP contribution in [0.5, 0.6) is 5.88 Å².